The first-order valence-corrected chi connectivity index (χ1v) is 9.01. The molecule has 2 unspecified atom stereocenters. The maximum Gasteiger partial charge on any atom is 0.247 e. The van der Waals surface area contributed by atoms with Gasteiger partial charge in [0.15, 0.2) is 0 Å². The fourth-order valence-electron chi connectivity index (χ4n) is 3.56. The molecule has 1 aliphatic rings. The second kappa shape index (κ2) is 7.16. The number of fused-ring (bicyclic) bond motifs is 1. The standard InChI is InChI=1S/C21H27NO4/c1-12(7-21(23)22-10-13(2)25-14(3)11-22)17-8-18-15(4)16(5)26-20(18)9-19(17)24-6/h7-9,13-14H,10-11H2,1-6H3/b12-7+. The molecule has 1 fully saturated rings. The molecule has 5 heteroatoms. The number of methoxy groups -OCH3 is 1. The number of aryl methyl sites for hydroxylation is 2. The van der Waals surface area contributed by atoms with Gasteiger partial charge in [0.05, 0.1) is 19.3 Å². The third-order valence-electron chi connectivity index (χ3n) is 4.99. The summed E-state index contributed by atoms with van der Waals surface area (Å²) in [6.45, 7) is 11.1. The van der Waals surface area contributed by atoms with Crippen molar-refractivity contribution in [3.05, 3.63) is 35.1 Å². The molecule has 5 nitrogen and oxygen atoms in total. The second-order valence-corrected chi connectivity index (χ2v) is 7.16. The zero-order valence-corrected chi connectivity index (χ0v) is 16.4. The summed E-state index contributed by atoms with van der Waals surface area (Å²) >= 11 is 0. The Morgan fingerprint density at radius 3 is 2.50 bits per heavy atom. The van der Waals surface area contributed by atoms with E-state index >= 15 is 0 Å². The van der Waals surface area contributed by atoms with Gasteiger partial charge in [-0.1, -0.05) is 0 Å². The largest absolute Gasteiger partial charge is 0.496 e. The molecule has 2 atom stereocenters. The fourth-order valence-corrected chi connectivity index (χ4v) is 3.56. The number of carbonyl (C=O) groups excluding carboxylic acids is 1. The molecule has 0 spiro atoms. The zero-order chi connectivity index (χ0) is 19.0. The molecule has 0 saturated carbocycles. The summed E-state index contributed by atoms with van der Waals surface area (Å²) in [5.74, 6) is 1.61. The van der Waals surface area contributed by atoms with Gasteiger partial charge >= 0.3 is 0 Å². The van der Waals surface area contributed by atoms with E-state index in [-0.39, 0.29) is 18.1 Å². The molecular formula is C21H27NO4. The van der Waals surface area contributed by atoms with Gasteiger partial charge in [0, 0.05) is 36.2 Å². The smallest absolute Gasteiger partial charge is 0.247 e. The van der Waals surface area contributed by atoms with Gasteiger partial charge in [0.1, 0.15) is 17.1 Å². The number of ether oxygens (including phenoxy) is 2. The first kappa shape index (κ1) is 18.5. The van der Waals surface area contributed by atoms with E-state index in [4.69, 9.17) is 13.9 Å². The fraction of sp³-hybridized carbons (Fsp3) is 0.476. The predicted octanol–water partition coefficient (Wildman–Crippen LogP) is 4.10. The van der Waals surface area contributed by atoms with Crippen LogP contribution in [0.3, 0.4) is 0 Å². The van der Waals surface area contributed by atoms with E-state index in [2.05, 4.69) is 0 Å². The summed E-state index contributed by atoms with van der Waals surface area (Å²) in [6.07, 6.45) is 1.80. The molecule has 26 heavy (non-hydrogen) atoms. The third-order valence-corrected chi connectivity index (χ3v) is 4.99. The van der Waals surface area contributed by atoms with Gasteiger partial charge in [-0.2, -0.15) is 0 Å². The average molecular weight is 357 g/mol. The lowest BCUT2D eigenvalue weighted by molar-refractivity contribution is -0.137. The minimum Gasteiger partial charge on any atom is -0.496 e. The van der Waals surface area contributed by atoms with Gasteiger partial charge < -0.3 is 18.8 Å². The van der Waals surface area contributed by atoms with Crippen LogP contribution in [0.1, 0.15) is 37.7 Å². The van der Waals surface area contributed by atoms with Crippen LogP contribution in [0.2, 0.25) is 0 Å². The molecule has 3 rings (SSSR count). The monoisotopic (exact) mass is 357 g/mol. The molecule has 0 radical (unpaired) electrons. The Labute approximate surface area is 154 Å². The van der Waals surface area contributed by atoms with Crippen LogP contribution in [0.5, 0.6) is 5.75 Å². The van der Waals surface area contributed by atoms with Gasteiger partial charge in [-0.25, -0.2) is 0 Å². The first-order valence-electron chi connectivity index (χ1n) is 9.01. The average Bonchev–Trinajstić information content (AvgIpc) is 2.86. The number of hydrogen-bond donors (Lipinski definition) is 0. The third kappa shape index (κ3) is 3.49. The van der Waals surface area contributed by atoms with Crippen molar-refractivity contribution in [2.45, 2.75) is 46.8 Å². The van der Waals surface area contributed by atoms with Crippen LogP contribution in [-0.2, 0) is 9.53 Å². The molecule has 0 bridgehead atoms. The highest BCUT2D eigenvalue weighted by Gasteiger charge is 2.25. The van der Waals surface area contributed by atoms with Crippen LogP contribution in [0.25, 0.3) is 16.5 Å². The Balaban J connectivity index is 1.95. The molecule has 2 heterocycles. The van der Waals surface area contributed by atoms with Crippen LogP contribution in [0.15, 0.2) is 22.6 Å². The van der Waals surface area contributed by atoms with E-state index < -0.39 is 0 Å². The predicted molar refractivity (Wildman–Crippen MR) is 102 cm³/mol. The molecule has 1 amide bonds. The number of benzene rings is 1. The number of amides is 1. The molecule has 0 N–H and O–H groups in total. The number of carbonyl (C=O) groups is 1. The number of furan rings is 1. The maximum atomic E-state index is 12.7. The van der Waals surface area contributed by atoms with Crippen molar-refractivity contribution in [3.8, 4) is 5.75 Å². The van der Waals surface area contributed by atoms with E-state index in [1.807, 2.05) is 51.7 Å². The van der Waals surface area contributed by atoms with Gasteiger partial charge in [-0.3, -0.25) is 4.79 Å². The lowest BCUT2D eigenvalue weighted by Crippen LogP contribution is -2.47. The highest BCUT2D eigenvalue weighted by atomic mass is 16.5. The van der Waals surface area contributed by atoms with Gasteiger partial charge in [-0.05, 0) is 51.8 Å². The Morgan fingerprint density at radius 1 is 1.23 bits per heavy atom. The number of allylic oxidation sites excluding steroid dienone is 1. The minimum absolute atomic E-state index is 0.00625. The molecular weight excluding hydrogens is 330 g/mol. The van der Waals surface area contributed by atoms with Crippen molar-refractivity contribution in [2.75, 3.05) is 20.2 Å². The zero-order valence-electron chi connectivity index (χ0n) is 16.4. The summed E-state index contributed by atoms with van der Waals surface area (Å²) in [5, 5.41) is 1.05. The molecule has 1 aromatic heterocycles. The quantitative estimate of drug-likeness (QED) is 0.776. The van der Waals surface area contributed by atoms with Crippen LogP contribution < -0.4 is 4.74 Å². The van der Waals surface area contributed by atoms with Crippen molar-refractivity contribution in [1.82, 2.24) is 4.90 Å². The highest BCUT2D eigenvalue weighted by molar-refractivity contribution is 5.97. The van der Waals surface area contributed by atoms with Crippen molar-refractivity contribution in [2.24, 2.45) is 0 Å². The van der Waals surface area contributed by atoms with Gasteiger partial charge in [0.25, 0.3) is 0 Å². The molecule has 1 saturated heterocycles. The van der Waals surface area contributed by atoms with Crippen LogP contribution in [-0.4, -0.2) is 43.2 Å². The number of nitrogens with zero attached hydrogens (tertiary/aromatic N) is 1. The Hall–Kier alpha value is -2.27. The van der Waals surface area contributed by atoms with E-state index in [0.717, 1.165) is 33.4 Å². The summed E-state index contributed by atoms with van der Waals surface area (Å²) in [6, 6.07) is 3.94. The minimum atomic E-state index is 0.00625. The summed E-state index contributed by atoms with van der Waals surface area (Å²) in [7, 11) is 1.63. The number of rotatable bonds is 3. The van der Waals surface area contributed by atoms with Crippen LogP contribution >= 0.6 is 0 Å². The van der Waals surface area contributed by atoms with Crippen molar-refractivity contribution < 1.29 is 18.7 Å². The number of morpholine rings is 1. The Kier molecular flexibility index (Phi) is 5.10. The van der Waals surface area contributed by atoms with Crippen molar-refractivity contribution in [3.63, 3.8) is 0 Å². The van der Waals surface area contributed by atoms with Crippen molar-refractivity contribution in [1.29, 1.82) is 0 Å². The first-order chi connectivity index (χ1) is 12.3. The molecule has 1 aliphatic heterocycles. The maximum absolute atomic E-state index is 12.7. The molecule has 2 aromatic rings. The normalized spacial score (nSPS) is 21.3. The highest BCUT2D eigenvalue weighted by Crippen LogP contribution is 2.34. The molecule has 140 valence electrons. The SMILES string of the molecule is COc1cc2oc(C)c(C)c2cc1/C(C)=C/C(=O)N1CC(C)OC(C)C1. The summed E-state index contributed by atoms with van der Waals surface area (Å²) in [4.78, 5) is 14.6. The second-order valence-electron chi connectivity index (χ2n) is 7.16. The Morgan fingerprint density at radius 2 is 1.88 bits per heavy atom. The topological polar surface area (TPSA) is 51.9 Å². The summed E-state index contributed by atoms with van der Waals surface area (Å²) < 4.78 is 17.0. The lowest BCUT2D eigenvalue weighted by Gasteiger charge is -2.34. The number of hydrogen-bond acceptors (Lipinski definition) is 4. The van der Waals surface area contributed by atoms with E-state index in [1.165, 1.54) is 0 Å². The Bertz CT molecular complexity index is 855. The van der Waals surface area contributed by atoms with Crippen molar-refractivity contribution >= 4 is 22.4 Å². The van der Waals surface area contributed by atoms with E-state index in [0.29, 0.717) is 18.8 Å². The summed E-state index contributed by atoms with van der Waals surface area (Å²) in [5.41, 5.74) is 3.69. The molecule has 0 aliphatic carbocycles. The van der Waals surface area contributed by atoms with E-state index in [9.17, 15) is 4.79 Å². The van der Waals surface area contributed by atoms with Crippen LogP contribution in [0, 0.1) is 13.8 Å². The van der Waals surface area contributed by atoms with E-state index in [1.54, 1.807) is 13.2 Å². The molecule has 1 aromatic carbocycles. The van der Waals surface area contributed by atoms with Crippen LogP contribution in [0.4, 0.5) is 0 Å². The van der Waals surface area contributed by atoms with Gasteiger partial charge in [-0.15, -0.1) is 0 Å². The van der Waals surface area contributed by atoms with Gasteiger partial charge in [0.2, 0.25) is 5.91 Å². The lowest BCUT2D eigenvalue weighted by atomic mass is 10.0.